The maximum Gasteiger partial charge on any atom is 0.292 e. The summed E-state index contributed by atoms with van der Waals surface area (Å²) in [5.74, 6) is -0.261. The van der Waals surface area contributed by atoms with Gasteiger partial charge in [0.2, 0.25) is 0 Å². The quantitative estimate of drug-likeness (QED) is 0.512. The number of fused-ring (bicyclic) bond motifs is 2. The van der Waals surface area contributed by atoms with Crippen molar-refractivity contribution in [2.24, 2.45) is 5.10 Å². The minimum atomic E-state index is -0.261. The maximum atomic E-state index is 12.3. The van der Waals surface area contributed by atoms with Crippen LogP contribution in [-0.2, 0) is 12.8 Å². The van der Waals surface area contributed by atoms with Gasteiger partial charge < -0.3 is 4.98 Å². The first-order chi connectivity index (χ1) is 11.7. The maximum absolute atomic E-state index is 12.3. The molecular weight excluding hydrogens is 302 g/mol. The number of carbonyl (C=O) groups is 1. The van der Waals surface area contributed by atoms with Crippen LogP contribution in [0.2, 0.25) is 0 Å². The zero-order chi connectivity index (χ0) is 16.5. The van der Waals surface area contributed by atoms with Crippen LogP contribution >= 0.6 is 0 Å². The van der Waals surface area contributed by atoms with Crippen LogP contribution in [0.3, 0.4) is 0 Å². The monoisotopic (exact) mass is 321 g/mol. The Bertz CT molecular complexity index is 934. The molecule has 0 atom stereocenters. The summed E-state index contributed by atoms with van der Waals surface area (Å²) in [4.78, 5) is 15.7. The lowest BCUT2D eigenvalue weighted by molar-refractivity contribution is 0.0949. The van der Waals surface area contributed by atoms with Gasteiger partial charge in [-0.15, -0.1) is 0 Å². The van der Waals surface area contributed by atoms with E-state index in [-0.39, 0.29) is 5.91 Å². The van der Waals surface area contributed by atoms with Gasteiger partial charge in [0.25, 0.3) is 5.91 Å². The summed E-state index contributed by atoms with van der Waals surface area (Å²) in [6.07, 6.45) is 5.80. The number of nitrogens with one attached hydrogen (secondary N) is 3. The van der Waals surface area contributed by atoms with Crippen molar-refractivity contribution in [3.8, 4) is 0 Å². The van der Waals surface area contributed by atoms with E-state index in [0.717, 1.165) is 59.1 Å². The Morgan fingerprint density at radius 3 is 3.04 bits per heavy atom. The first-order valence-corrected chi connectivity index (χ1v) is 8.21. The molecule has 0 bridgehead atoms. The molecule has 3 aromatic rings. The second-order valence-electron chi connectivity index (χ2n) is 6.14. The highest BCUT2D eigenvalue weighted by Crippen LogP contribution is 2.22. The van der Waals surface area contributed by atoms with E-state index >= 15 is 0 Å². The van der Waals surface area contributed by atoms with Crippen molar-refractivity contribution in [2.45, 2.75) is 32.6 Å². The van der Waals surface area contributed by atoms with Crippen molar-refractivity contribution in [3.05, 3.63) is 52.5 Å². The third kappa shape index (κ3) is 2.50. The number of H-pyrrole nitrogens is 2. The molecule has 6 nitrogen and oxygen atoms in total. The Morgan fingerprint density at radius 2 is 2.12 bits per heavy atom. The summed E-state index contributed by atoms with van der Waals surface area (Å²) in [6, 6.07) is 8.03. The molecule has 24 heavy (non-hydrogen) atoms. The van der Waals surface area contributed by atoms with Gasteiger partial charge >= 0.3 is 0 Å². The van der Waals surface area contributed by atoms with Crippen molar-refractivity contribution in [1.82, 2.24) is 20.6 Å². The Labute approximate surface area is 139 Å². The lowest BCUT2D eigenvalue weighted by atomic mass is 9.96. The zero-order valence-electron chi connectivity index (χ0n) is 13.5. The SMILES string of the molecule is Cc1[nH]c2ccccc2c1C=NNC(=O)c1n[nH]c2c1CCCC2. The molecule has 0 saturated heterocycles. The zero-order valence-corrected chi connectivity index (χ0v) is 13.5. The van der Waals surface area contributed by atoms with Crippen LogP contribution in [0.5, 0.6) is 0 Å². The number of aromatic amines is 2. The van der Waals surface area contributed by atoms with Crippen molar-refractivity contribution in [1.29, 1.82) is 0 Å². The predicted molar refractivity (Wildman–Crippen MR) is 93.3 cm³/mol. The van der Waals surface area contributed by atoms with Gasteiger partial charge in [-0.3, -0.25) is 9.89 Å². The summed E-state index contributed by atoms with van der Waals surface area (Å²) < 4.78 is 0. The molecule has 0 spiro atoms. The van der Waals surface area contributed by atoms with E-state index < -0.39 is 0 Å². The van der Waals surface area contributed by atoms with E-state index in [1.807, 2.05) is 31.2 Å². The predicted octanol–water partition coefficient (Wildman–Crippen LogP) is 2.84. The molecule has 0 saturated carbocycles. The molecule has 1 aliphatic carbocycles. The van der Waals surface area contributed by atoms with Gasteiger partial charge in [-0.1, -0.05) is 18.2 Å². The standard InChI is InChI=1S/C18H19N5O/c1-11-14(12-6-2-4-8-15(12)20-11)10-19-23-18(24)17-13-7-3-5-9-16(13)21-22-17/h2,4,6,8,10,20H,3,5,7,9H2,1H3,(H,21,22)(H,23,24). The number of aryl methyl sites for hydroxylation is 2. The molecule has 0 aliphatic heterocycles. The molecule has 0 fully saturated rings. The van der Waals surface area contributed by atoms with E-state index in [1.165, 1.54) is 0 Å². The minimum absolute atomic E-state index is 0.261. The second kappa shape index (κ2) is 5.96. The largest absolute Gasteiger partial charge is 0.358 e. The number of aromatic nitrogens is 3. The molecule has 1 aromatic carbocycles. The second-order valence-corrected chi connectivity index (χ2v) is 6.14. The highest BCUT2D eigenvalue weighted by atomic mass is 16.2. The fourth-order valence-electron chi connectivity index (χ4n) is 3.34. The van der Waals surface area contributed by atoms with Crippen LogP contribution in [0, 0.1) is 6.92 Å². The van der Waals surface area contributed by atoms with Crippen LogP contribution in [0.15, 0.2) is 29.4 Å². The molecule has 1 aliphatic rings. The van der Waals surface area contributed by atoms with Gasteiger partial charge in [0.1, 0.15) is 0 Å². The molecule has 4 rings (SSSR count). The molecular formula is C18H19N5O. The highest BCUT2D eigenvalue weighted by molar-refractivity contribution is 6.01. The Kier molecular flexibility index (Phi) is 3.65. The average Bonchev–Trinajstić information content (AvgIpc) is 3.16. The van der Waals surface area contributed by atoms with E-state index in [9.17, 15) is 4.79 Å². The smallest absolute Gasteiger partial charge is 0.292 e. The molecule has 122 valence electrons. The van der Waals surface area contributed by atoms with Crippen LogP contribution in [0.1, 0.15) is 45.8 Å². The lowest BCUT2D eigenvalue weighted by Crippen LogP contribution is -2.20. The van der Waals surface area contributed by atoms with Gasteiger partial charge in [0.05, 0.1) is 6.21 Å². The summed E-state index contributed by atoms with van der Waals surface area (Å²) in [5, 5.41) is 12.4. The summed E-state index contributed by atoms with van der Waals surface area (Å²) in [7, 11) is 0. The van der Waals surface area contributed by atoms with Gasteiger partial charge in [0, 0.05) is 33.4 Å². The van der Waals surface area contributed by atoms with E-state index in [0.29, 0.717) is 5.69 Å². The van der Waals surface area contributed by atoms with Crippen molar-refractivity contribution in [2.75, 3.05) is 0 Å². The molecule has 1 amide bonds. The van der Waals surface area contributed by atoms with Gasteiger partial charge in [-0.05, 0) is 38.7 Å². The summed E-state index contributed by atoms with van der Waals surface area (Å²) in [5.41, 5.74) is 8.26. The topological polar surface area (TPSA) is 85.9 Å². The fourth-order valence-corrected chi connectivity index (χ4v) is 3.34. The van der Waals surface area contributed by atoms with Crippen LogP contribution in [0.4, 0.5) is 0 Å². The minimum Gasteiger partial charge on any atom is -0.358 e. The van der Waals surface area contributed by atoms with Crippen LogP contribution in [-0.4, -0.2) is 27.3 Å². The molecule has 3 N–H and O–H groups in total. The van der Waals surface area contributed by atoms with Gasteiger partial charge in [0.15, 0.2) is 5.69 Å². The van der Waals surface area contributed by atoms with Crippen molar-refractivity contribution in [3.63, 3.8) is 0 Å². The van der Waals surface area contributed by atoms with Gasteiger partial charge in [-0.2, -0.15) is 10.2 Å². The number of para-hydroxylation sites is 1. The summed E-state index contributed by atoms with van der Waals surface area (Å²) in [6.45, 7) is 1.99. The number of benzene rings is 1. The normalized spacial score (nSPS) is 14.2. The number of hydrogen-bond acceptors (Lipinski definition) is 3. The van der Waals surface area contributed by atoms with E-state index in [1.54, 1.807) is 6.21 Å². The van der Waals surface area contributed by atoms with Crippen molar-refractivity contribution >= 4 is 23.0 Å². The number of rotatable bonds is 3. The molecule has 6 heteroatoms. The number of amides is 1. The van der Waals surface area contributed by atoms with E-state index in [4.69, 9.17) is 0 Å². The third-order valence-corrected chi connectivity index (χ3v) is 4.57. The van der Waals surface area contributed by atoms with Crippen LogP contribution in [0.25, 0.3) is 10.9 Å². The summed E-state index contributed by atoms with van der Waals surface area (Å²) >= 11 is 0. The Balaban J connectivity index is 1.54. The molecule has 2 aromatic heterocycles. The van der Waals surface area contributed by atoms with Crippen molar-refractivity contribution < 1.29 is 4.79 Å². The third-order valence-electron chi connectivity index (χ3n) is 4.57. The molecule has 0 radical (unpaired) electrons. The first-order valence-electron chi connectivity index (χ1n) is 8.21. The lowest BCUT2D eigenvalue weighted by Gasteiger charge is -2.10. The van der Waals surface area contributed by atoms with Crippen LogP contribution < -0.4 is 5.43 Å². The Morgan fingerprint density at radius 1 is 1.29 bits per heavy atom. The first kappa shape index (κ1) is 14.7. The molecule has 0 unspecified atom stereocenters. The number of hydrogen-bond donors (Lipinski definition) is 3. The number of carbonyl (C=O) groups excluding carboxylic acids is 1. The Hall–Kier alpha value is -2.89. The highest BCUT2D eigenvalue weighted by Gasteiger charge is 2.21. The number of hydrazone groups is 1. The molecule has 2 heterocycles. The fraction of sp³-hybridized carbons (Fsp3) is 0.278. The van der Waals surface area contributed by atoms with Gasteiger partial charge in [-0.25, -0.2) is 5.43 Å². The average molecular weight is 321 g/mol. The van der Waals surface area contributed by atoms with E-state index in [2.05, 4.69) is 25.7 Å². The number of nitrogens with zero attached hydrogens (tertiary/aromatic N) is 2.